The number of H-pyrrole nitrogens is 1. The standard InChI is InChI=1S/C11H11N3/c1-2-10(12-5-1)9-6-13-11(14-7-9)8-3-4-8/h1-2,5-8,12H,3-4H2. The van der Waals surface area contributed by atoms with Gasteiger partial charge in [0.25, 0.3) is 0 Å². The Morgan fingerprint density at radius 2 is 2.00 bits per heavy atom. The third kappa shape index (κ3) is 1.31. The number of nitrogens with zero attached hydrogens (tertiary/aromatic N) is 2. The molecule has 1 N–H and O–H groups in total. The molecule has 0 bridgehead atoms. The van der Waals surface area contributed by atoms with E-state index in [2.05, 4.69) is 15.0 Å². The number of hydrogen-bond donors (Lipinski definition) is 1. The molecule has 0 atom stereocenters. The van der Waals surface area contributed by atoms with E-state index in [0.717, 1.165) is 17.1 Å². The van der Waals surface area contributed by atoms with Crippen LogP contribution >= 0.6 is 0 Å². The average molecular weight is 185 g/mol. The Morgan fingerprint density at radius 3 is 2.57 bits per heavy atom. The predicted octanol–water partition coefficient (Wildman–Crippen LogP) is 2.35. The second kappa shape index (κ2) is 2.94. The number of aromatic nitrogens is 3. The Bertz CT molecular complexity index is 412. The van der Waals surface area contributed by atoms with Crippen LogP contribution in [-0.2, 0) is 0 Å². The van der Waals surface area contributed by atoms with Gasteiger partial charge in [-0.3, -0.25) is 0 Å². The van der Waals surface area contributed by atoms with Gasteiger partial charge in [0.1, 0.15) is 5.82 Å². The van der Waals surface area contributed by atoms with Crippen molar-refractivity contribution >= 4 is 0 Å². The fourth-order valence-corrected chi connectivity index (χ4v) is 1.54. The molecule has 2 aromatic heterocycles. The second-order valence-electron chi connectivity index (χ2n) is 3.69. The van der Waals surface area contributed by atoms with Gasteiger partial charge >= 0.3 is 0 Å². The van der Waals surface area contributed by atoms with E-state index in [-0.39, 0.29) is 0 Å². The van der Waals surface area contributed by atoms with Crippen molar-refractivity contribution in [2.75, 3.05) is 0 Å². The molecular formula is C11H11N3. The lowest BCUT2D eigenvalue weighted by Gasteiger charge is -1.98. The van der Waals surface area contributed by atoms with Crippen molar-refractivity contribution in [1.82, 2.24) is 15.0 Å². The highest BCUT2D eigenvalue weighted by Crippen LogP contribution is 2.37. The first kappa shape index (κ1) is 7.74. The molecule has 0 amide bonds. The third-order valence-corrected chi connectivity index (χ3v) is 2.52. The average Bonchev–Trinajstić information content (AvgIpc) is 2.94. The molecule has 0 saturated heterocycles. The van der Waals surface area contributed by atoms with Crippen molar-refractivity contribution in [3.63, 3.8) is 0 Å². The van der Waals surface area contributed by atoms with Crippen molar-refractivity contribution < 1.29 is 0 Å². The SMILES string of the molecule is c1c[nH]c(-c2cnc(C3CC3)nc2)c1. The lowest BCUT2D eigenvalue weighted by Crippen LogP contribution is -1.91. The fraction of sp³-hybridized carbons (Fsp3) is 0.273. The van der Waals surface area contributed by atoms with Gasteiger partial charge in [0.2, 0.25) is 0 Å². The molecule has 0 aliphatic heterocycles. The number of nitrogens with one attached hydrogen (secondary N) is 1. The highest BCUT2D eigenvalue weighted by atomic mass is 14.9. The molecule has 1 saturated carbocycles. The first-order valence-electron chi connectivity index (χ1n) is 4.89. The first-order valence-corrected chi connectivity index (χ1v) is 4.89. The molecule has 1 fully saturated rings. The summed E-state index contributed by atoms with van der Waals surface area (Å²) in [5.74, 6) is 1.63. The normalized spacial score (nSPS) is 15.7. The van der Waals surface area contributed by atoms with E-state index in [4.69, 9.17) is 0 Å². The molecule has 0 radical (unpaired) electrons. The lowest BCUT2D eigenvalue weighted by molar-refractivity contribution is 0.927. The van der Waals surface area contributed by atoms with Gasteiger partial charge in [0, 0.05) is 35.8 Å². The van der Waals surface area contributed by atoms with Gasteiger partial charge in [-0.05, 0) is 25.0 Å². The molecule has 0 spiro atoms. The molecule has 1 aliphatic rings. The molecule has 14 heavy (non-hydrogen) atoms. The summed E-state index contributed by atoms with van der Waals surface area (Å²) in [7, 11) is 0. The number of hydrogen-bond acceptors (Lipinski definition) is 2. The predicted molar refractivity (Wildman–Crippen MR) is 53.8 cm³/mol. The van der Waals surface area contributed by atoms with Crippen LogP contribution in [0.2, 0.25) is 0 Å². The zero-order chi connectivity index (χ0) is 9.38. The Labute approximate surface area is 82.2 Å². The molecule has 3 rings (SSSR count). The smallest absolute Gasteiger partial charge is 0.131 e. The summed E-state index contributed by atoms with van der Waals surface area (Å²) in [4.78, 5) is 11.9. The Kier molecular flexibility index (Phi) is 1.63. The van der Waals surface area contributed by atoms with E-state index in [1.54, 1.807) is 0 Å². The zero-order valence-electron chi connectivity index (χ0n) is 7.77. The highest BCUT2D eigenvalue weighted by Gasteiger charge is 2.26. The maximum Gasteiger partial charge on any atom is 0.131 e. The van der Waals surface area contributed by atoms with Gasteiger partial charge in [-0.15, -0.1) is 0 Å². The van der Waals surface area contributed by atoms with E-state index in [1.165, 1.54) is 12.8 Å². The molecule has 70 valence electrons. The summed E-state index contributed by atoms with van der Waals surface area (Å²) in [5, 5.41) is 0. The Hall–Kier alpha value is -1.64. The minimum Gasteiger partial charge on any atom is -0.361 e. The van der Waals surface area contributed by atoms with Crippen LogP contribution in [0.5, 0.6) is 0 Å². The van der Waals surface area contributed by atoms with Crippen LogP contribution in [0, 0.1) is 0 Å². The minimum absolute atomic E-state index is 0.632. The van der Waals surface area contributed by atoms with Gasteiger partial charge in [-0.2, -0.15) is 0 Å². The van der Waals surface area contributed by atoms with Crippen molar-refractivity contribution in [1.29, 1.82) is 0 Å². The van der Waals surface area contributed by atoms with E-state index in [1.807, 2.05) is 30.7 Å². The van der Waals surface area contributed by atoms with Gasteiger partial charge in [-0.1, -0.05) is 0 Å². The largest absolute Gasteiger partial charge is 0.361 e. The van der Waals surface area contributed by atoms with Crippen LogP contribution in [0.4, 0.5) is 0 Å². The number of rotatable bonds is 2. The van der Waals surface area contributed by atoms with Crippen LogP contribution < -0.4 is 0 Å². The van der Waals surface area contributed by atoms with E-state index < -0.39 is 0 Å². The topological polar surface area (TPSA) is 41.6 Å². The molecular weight excluding hydrogens is 174 g/mol. The summed E-state index contributed by atoms with van der Waals surface area (Å²) < 4.78 is 0. The quantitative estimate of drug-likeness (QED) is 0.780. The Balaban J connectivity index is 1.93. The highest BCUT2D eigenvalue weighted by molar-refractivity contribution is 5.56. The maximum atomic E-state index is 4.37. The number of aromatic amines is 1. The minimum atomic E-state index is 0.632. The van der Waals surface area contributed by atoms with Gasteiger partial charge < -0.3 is 4.98 Å². The summed E-state index contributed by atoms with van der Waals surface area (Å²) in [6.07, 6.45) is 8.20. The van der Waals surface area contributed by atoms with Crippen molar-refractivity contribution in [2.24, 2.45) is 0 Å². The summed E-state index contributed by atoms with van der Waals surface area (Å²) in [6.45, 7) is 0. The van der Waals surface area contributed by atoms with Crippen LogP contribution in [0.15, 0.2) is 30.7 Å². The van der Waals surface area contributed by atoms with Gasteiger partial charge in [0.05, 0.1) is 0 Å². The molecule has 1 aliphatic carbocycles. The molecule has 2 heterocycles. The van der Waals surface area contributed by atoms with Crippen molar-refractivity contribution in [2.45, 2.75) is 18.8 Å². The lowest BCUT2D eigenvalue weighted by atomic mass is 10.2. The molecule has 3 nitrogen and oxygen atoms in total. The van der Waals surface area contributed by atoms with Crippen molar-refractivity contribution in [3.8, 4) is 11.3 Å². The van der Waals surface area contributed by atoms with Gasteiger partial charge in [-0.25, -0.2) is 9.97 Å². The molecule has 0 unspecified atom stereocenters. The van der Waals surface area contributed by atoms with E-state index in [0.29, 0.717) is 5.92 Å². The van der Waals surface area contributed by atoms with Crippen LogP contribution in [-0.4, -0.2) is 15.0 Å². The monoisotopic (exact) mass is 185 g/mol. The van der Waals surface area contributed by atoms with Crippen LogP contribution in [0.25, 0.3) is 11.3 Å². The first-order chi connectivity index (χ1) is 6.93. The molecule has 3 heteroatoms. The maximum absolute atomic E-state index is 4.37. The fourth-order valence-electron chi connectivity index (χ4n) is 1.54. The summed E-state index contributed by atoms with van der Waals surface area (Å²) >= 11 is 0. The van der Waals surface area contributed by atoms with E-state index >= 15 is 0 Å². The third-order valence-electron chi connectivity index (χ3n) is 2.52. The molecule has 0 aromatic carbocycles. The summed E-state index contributed by atoms with van der Waals surface area (Å²) in [6, 6.07) is 4.00. The second-order valence-corrected chi connectivity index (χ2v) is 3.69. The molecule has 2 aromatic rings. The van der Waals surface area contributed by atoms with Gasteiger partial charge in [0.15, 0.2) is 0 Å². The van der Waals surface area contributed by atoms with E-state index in [9.17, 15) is 0 Å². The Morgan fingerprint density at radius 1 is 1.21 bits per heavy atom. The van der Waals surface area contributed by atoms with Crippen LogP contribution in [0.3, 0.4) is 0 Å². The zero-order valence-corrected chi connectivity index (χ0v) is 7.77. The van der Waals surface area contributed by atoms with Crippen LogP contribution in [0.1, 0.15) is 24.6 Å². The summed E-state index contributed by atoms with van der Waals surface area (Å²) in [5.41, 5.74) is 2.13. The van der Waals surface area contributed by atoms with Crippen molar-refractivity contribution in [3.05, 3.63) is 36.5 Å².